The number of aliphatic imine (C=N–C) groups is 1. The third-order valence-electron chi connectivity index (χ3n) is 2.87. The molecule has 0 atom stereocenters. The van der Waals surface area contributed by atoms with Crippen molar-refractivity contribution in [2.45, 2.75) is 0 Å². The van der Waals surface area contributed by atoms with Crippen LogP contribution in [-0.4, -0.2) is 31.4 Å². The second-order valence-electron chi connectivity index (χ2n) is 3.95. The lowest BCUT2D eigenvalue weighted by atomic mass is 10.0. The van der Waals surface area contributed by atoms with Gasteiger partial charge in [-0.25, -0.2) is 4.79 Å². The van der Waals surface area contributed by atoms with Crippen LogP contribution in [0, 0.1) is 0 Å². The van der Waals surface area contributed by atoms with E-state index in [-0.39, 0.29) is 5.97 Å². The van der Waals surface area contributed by atoms with Crippen LogP contribution in [0.2, 0.25) is 0 Å². The Morgan fingerprint density at radius 3 is 2.88 bits per heavy atom. The molecule has 1 N–H and O–H groups in total. The molecular weight excluding hydrogens is 216 g/mol. The number of cyclic esters (lactones) is 1. The average Bonchev–Trinajstić information content (AvgIpc) is 2.62. The number of carbonyl (C=O) groups is 1. The Balaban J connectivity index is 2.08. The fourth-order valence-corrected chi connectivity index (χ4v) is 2.08. The Bertz CT molecular complexity index is 517. The molecule has 3 rings (SSSR count). The van der Waals surface area contributed by atoms with Crippen molar-refractivity contribution in [1.82, 2.24) is 5.32 Å². The van der Waals surface area contributed by atoms with Crippen LogP contribution in [0.4, 0.5) is 0 Å². The molecule has 4 heteroatoms. The van der Waals surface area contributed by atoms with Crippen LogP contribution in [0.1, 0.15) is 5.56 Å². The SMILES string of the molecule is O=C1OCC2=C1NCCN=C2c1ccccc1. The van der Waals surface area contributed by atoms with Crippen LogP contribution in [0.3, 0.4) is 0 Å². The second-order valence-corrected chi connectivity index (χ2v) is 3.95. The topological polar surface area (TPSA) is 50.7 Å². The van der Waals surface area contributed by atoms with E-state index in [9.17, 15) is 4.79 Å². The van der Waals surface area contributed by atoms with Crippen molar-refractivity contribution in [2.24, 2.45) is 4.99 Å². The number of hydrogen-bond donors (Lipinski definition) is 1. The van der Waals surface area contributed by atoms with E-state index in [0.29, 0.717) is 25.4 Å². The predicted molar refractivity (Wildman–Crippen MR) is 63.8 cm³/mol. The van der Waals surface area contributed by atoms with Gasteiger partial charge in [0.1, 0.15) is 12.3 Å². The number of benzene rings is 1. The Morgan fingerprint density at radius 1 is 1.24 bits per heavy atom. The first-order chi connectivity index (χ1) is 8.36. The molecule has 0 saturated carbocycles. The highest BCUT2D eigenvalue weighted by atomic mass is 16.5. The van der Waals surface area contributed by atoms with E-state index in [4.69, 9.17) is 4.74 Å². The van der Waals surface area contributed by atoms with Gasteiger partial charge in [-0.3, -0.25) is 4.99 Å². The van der Waals surface area contributed by atoms with E-state index in [1.165, 1.54) is 0 Å². The van der Waals surface area contributed by atoms with Crippen molar-refractivity contribution in [3.63, 3.8) is 0 Å². The third kappa shape index (κ3) is 1.71. The Hall–Kier alpha value is -2.10. The van der Waals surface area contributed by atoms with E-state index in [2.05, 4.69) is 10.3 Å². The number of nitrogens with zero attached hydrogens (tertiary/aromatic N) is 1. The van der Waals surface area contributed by atoms with Gasteiger partial charge in [0, 0.05) is 17.7 Å². The molecule has 0 fully saturated rings. The zero-order valence-corrected chi connectivity index (χ0v) is 9.27. The minimum Gasteiger partial charge on any atom is -0.456 e. The van der Waals surface area contributed by atoms with Crippen LogP contribution in [0.25, 0.3) is 0 Å². The van der Waals surface area contributed by atoms with Gasteiger partial charge >= 0.3 is 5.97 Å². The molecule has 0 bridgehead atoms. The predicted octanol–water partition coefficient (Wildman–Crippen LogP) is 0.890. The first-order valence-corrected chi connectivity index (χ1v) is 5.60. The summed E-state index contributed by atoms with van der Waals surface area (Å²) in [5, 5.41) is 3.08. The van der Waals surface area contributed by atoms with Gasteiger partial charge in [-0.1, -0.05) is 30.3 Å². The van der Waals surface area contributed by atoms with E-state index < -0.39 is 0 Å². The van der Waals surface area contributed by atoms with Crippen molar-refractivity contribution in [1.29, 1.82) is 0 Å². The molecule has 0 amide bonds. The molecule has 1 aromatic rings. The molecule has 0 aliphatic carbocycles. The van der Waals surface area contributed by atoms with Crippen LogP contribution >= 0.6 is 0 Å². The summed E-state index contributed by atoms with van der Waals surface area (Å²) >= 11 is 0. The van der Waals surface area contributed by atoms with Gasteiger partial charge in [-0.2, -0.15) is 0 Å². The van der Waals surface area contributed by atoms with E-state index in [1.54, 1.807) is 0 Å². The first-order valence-electron chi connectivity index (χ1n) is 5.60. The normalized spacial score (nSPS) is 19.1. The molecule has 17 heavy (non-hydrogen) atoms. The number of hydrogen-bond acceptors (Lipinski definition) is 4. The summed E-state index contributed by atoms with van der Waals surface area (Å²) in [6, 6.07) is 9.89. The molecule has 86 valence electrons. The van der Waals surface area contributed by atoms with Crippen LogP contribution < -0.4 is 5.32 Å². The van der Waals surface area contributed by atoms with E-state index in [1.807, 2.05) is 30.3 Å². The highest BCUT2D eigenvalue weighted by Crippen LogP contribution is 2.20. The summed E-state index contributed by atoms with van der Waals surface area (Å²) in [6.07, 6.45) is 0. The van der Waals surface area contributed by atoms with E-state index >= 15 is 0 Å². The van der Waals surface area contributed by atoms with Gasteiger partial charge in [0.05, 0.1) is 12.3 Å². The lowest BCUT2D eigenvalue weighted by Crippen LogP contribution is -2.21. The number of nitrogens with one attached hydrogen (secondary N) is 1. The molecule has 2 aliphatic heterocycles. The summed E-state index contributed by atoms with van der Waals surface area (Å²) in [6.45, 7) is 1.66. The molecule has 2 heterocycles. The highest BCUT2D eigenvalue weighted by molar-refractivity contribution is 6.17. The summed E-state index contributed by atoms with van der Waals surface area (Å²) in [5.41, 5.74) is 3.35. The minimum absolute atomic E-state index is 0.273. The van der Waals surface area contributed by atoms with Gasteiger partial charge in [-0.15, -0.1) is 0 Å². The van der Waals surface area contributed by atoms with Gasteiger partial charge in [0.15, 0.2) is 0 Å². The van der Waals surface area contributed by atoms with Crippen molar-refractivity contribution >= 4 is 11.7 Å². The molecule has 1 aromatic carbocycles. The van der Waals surface area contributed by atoms with Gasteiger partial charge in [0.2, 0.25) is 0 Å². The maximum Gasteiger partial charge on any atom is 0.355 e. The first kappa shape index (κ1) is 10.1. The molecular formula is C13H12N2O2. The summed E-state index contributed by atoms with van der Waals surface area (Å²) < 4.78 is 5.05. The lowest BCUT2D eigenvalue weighted by Gasteiger charge is -2.05. The monoisotopic (exact) mass is 228 g/mol. The molecule has 0 aromatic heterocycles. The Labute approximate surface area is 99.0 Å². The summed E-state index contributed by atoms with van der Waals surface area (Å²) in [7, 11) is 0. The van der Waals surface area contributed by atoms with Crippen molar-refractivity contribution in [2.75, 3.05) is 19.7 Å². The summed E-state index contributed by atoms with van der Waals surface area (Å²) in [4.78, 5) is 16.1. The van der Waals surface area contributed by atoms with Gasteiger partial charge < -0.3 is 10.1 Å². The second kappa shape index (κ2) is 4.05. The summed E-state index contributed by atoms with van der Waals surface area (Å²) in [5.74, 6) is -0.273. The van der Waals surface area contributed by atoms with Crippen LogP contribution in [0.5, 0.6) is 0 Å². The van der Waals surface area contributed by atoms with E-state index in [0.717, 1.165) is 16.8 Å². The number of carbonyl (C=O) groups excluding carboxylic acids is 1. The van der Waals surface area contributed by atoms with Crippen molar-refractivity contribution < 1.29 is 9.53 Å². The molecule has 0 saturated heterocycles. The number of rotatable bonds is 1. The maximum absolute atomic E-state index is 11.5. The van der Waals surface area contributed by atoms with Gasteiger partial charge in [0.25, 0.3) is 0 Å². The molecule has 0 unspecified atom stereocenters. The minimum atomic E-state index is -0.273. The Kier molecular flexibility index (Phi) is 2.40. The quantitative estimate of drug-likeness (QED) is 0.726. The zero-order chi connectivity index (χ0) is 11.7. The smallest absolute Gasteiger partial charge is 0.355 e. The number of esters is 1. The molecule has 2 aliphatic rings. The molecule has 0 radical (unpaired) electrons. The van der Waals surface area contributed by atoms with Crippen molar-refractivity contribution in [3.8, 4) is 0 Å². The standard InChI is InChI=1S/C13H12N2O2/c16-13-12-10(8-17-13)11(14-6-7-15-12)9-4-2-1-3-5-9/h1-5,15H,6-8H2. The maximum atomic E-state index is 11.5. The van der Waals surface area contributed by atoms with Crippen LogP contribution in [0.15, 0.2) is 46.6 Å². The van der Waals surface area contributed by atoms with Crippen molar-refractivity contribution in [3.05, 3.63) is 47.2 Å². The highest BCUT2D eigenvalue weighted by Gasteiger charge is 2.29. The Morgan fingerprint density at radius 2 is 2.06 bits per heavy atom. The molecule has 4 nitrogen and oxygen atoms in total. The lowest BCUT2D eigenvalue weighted by molar-refractivity contribution is -0.136. The number of ether oxygens (including phenoxy) is 1. The van der Waals surface area contributed by atoms with Crippen LogP contribution in [-0.2, 0) is 9.53 Å². The third-order valence-corrected chi connectivity index (χ3v) is 2.87. The zero-order valence-electron chi connectivity index (χ0n) is 9.27. The molecule has 0 spiro atoms. The largest absolute Gasteiger partial charge is 0.456 e. The fraction of sp³-hybridized carbons (Fsp3) is 0.231. The fourth-order valence-electron chi connectivity index (χ4n) is 2.08. The van der Waals surface area contributed by atoms with Gasteiger partial charge in [-0.05, 0) is 0 Å². The average molecular weight is 228 g/mol.